The third-order valence-electron chi connectivity index (χ3n) is 5.99. The summed E-state index contributed by atoms with van der Waals surface area (Å²) in [6.45, 7) is 6.21. The van der Waals surface area contributed by atoms with Crippen LogP contribution in [0.15, 0.2) is 0 Å². The summed E-state index contributed by atoms with van der Waals surface area (Å²) in [7, 11) is 0. The normalized spacial score (nSPS) is 26.6. The number of likely N-dealkylation sites (tertiary alicyclic amines) is 2. The Labute approximate surface area is 137 Å². The van der Waals surface area contributed by atoms with Gasteiger partial charge in [0.15, 0.2) is 0 Å². The van der Waals surface area contributed by atoms with Gasteiger partial charge in [-0.1, -0.05) is 0 Å². The van der Waals surface area contributed by atoms with Gasteiger partial charge in [0.2, 0.25) is 11.8 Å². The third kappa shape index (κ3) is 2.77. The molecule has 0 atom stereocenters. The molecule has 0 bridgehead atoms. The van der Waals surface area contributed by atoms with Gasteiger partial charge in [0, 0.05) is 39.8 Å². The van der Waals surface area contributed by atoms with Crippen LogP contribution < -0.4 is 5.32 Å². The number of hydrogen-bond donors (Lipinski definition) is 1. The molecule has 0 aliphatic carbocycles. The summed E-state index contributed by atoms with van der Waals surface area (Å²) in [6, 6.07) is 0. The van der Waals surface area contributed by atoms with Crippen molar-refractivity contribution in [3.05, 3.63) is 0 Å². The number of Topliss-reactive ketones (excluding diaryl/α,β-unsaturated/α-hetero) is 1. The van der Waals surface area contributed by atoms with Crippen LogP contribution in [0.3, 0.4) is 0 Å². The van der Waals surface area contributed by atoms with Crippen molar-refractivity contribution in [3.63, 3.8) is 0 Å². The van der Waals surface area contributed by atoms with E-state index in [4.69, 9.17) is 0 Å². The Morgan fingerprint density at radius 1 is 0.913 bits per heavy atom. The highest BCUT2D eigenvalue weighted by Crippen LogP contribution is 2.46. The highest BCUT2D eigenvalue weighted by Gasteiger charge is 2.56. The van der Waals surface area contributed by atoms with Crippen LogP contribution in [0.25, 0.3) is 0 Å². The van der Waals surface area contributed by atoms with Crippen LogP contribution in [0.2, 0.25) is 0 Å². The maximum Gasteiger partial charge on any atom is 0.220 e. The summed E-state index contributed by atoms with van der Waals surface area (Å²) in [5.41, 5.74) is -0.699. The van der Waals surface area contributed by atoms with E-state index in [0.29, 0.717) is 38.8 Å². The Bertz CT molecular complexity index is 517. The average Bonchev–Trinajstić information content (AvgIpc) is 2.47. The quantitative estimate of drug-likeness (QED) is 0.713. The molecule has 2 spiro atoms. The molecule has 1 N–H and O–H groups in total. The van der Waals surface area contributed by atoms with Gasteiger partial charge in [0.25, 0.3) is 0 Å². The van der Waals surface area contributed by atoms with Crippen molar-refractivity contribution in [2.45, 2.75) is 63.5 Å². The zero-order valence-corrected chi connectivity index (χ0v) is 14.2. The smallest absolute Gasteiger partial charge is 0.220 e. The minimum absolute atomic E-state index is 0.0768. The van der Waals surface area contributed by atoms with E-state index < -0.39 is 0 Å². The van der Waals surface area contributed by atoms with E-state index in [0.717, 1.165) is 25.9 Å². The lowest BCUT2D eigenvalue weighted by Crippen LogP contribution is -2.71. The van der Waals surface area contributed by atoms with E-state index >= 15 is 0 Å². The van der Waals surface area contributed by atoms with E-state index in [1.165, 1.54) is 0 Å². The summed E-state index contributed by atoms with van der Waals surface area (Å²) in [4.78, 5) is 40.7. The van der Waals surface area contributed by atoms with Crippen LogP contribution >= 0.6 is 0 Å². The number of nitrogens with one attached hydrogen (secondary N) is 1. The summed E-state index contributed by atoms with van der Waals surface area (Å²) < 4.78 is 0. The Morgan fingerprint density at radius 3 is 1.91 bits per heavy atom. The molecular formula is C17H27N3O3. The molecular weight excluding hydrogens is 294 g/mol. The van der Waals surface area contributed by atoms with Gasteiger partial charge in [-0.25, -0.2) is 0 Å². The first-order chi connectivity index (χ1) is 10.9. The first-order valence-corrected chi connectivity index (χ1v) is 8.67. The van der Waals surface area contributed by atoms with E-state index in [1.54, 1.807) is 13.8 Å². The average molecular weight is 321 g/mol. The van der Waals surface area contributed by atoms with Gasteiger partial charge in [-0.15, -0.1) is 0 Å². The topological polar surface area (TPSA) is 69.7 Å². The molecule has 6 nitrogen and oxygen atoms in total. The molecule has 0 aromatic carbocycles. The standard InChI is InChI=1S/C17H27N3O3/c1-13(21)19-9-5-17(6-10-19)12-15(23)11-16(20(17)14(2)22)3-7-18-8-4-16/h18H,3-12H2,1-2H3. The maximum absolute atomic E-state index is 12.6. The predicted molar refractivity (Wildman–Crippen MR) is 85.8 cm³/mol. The number of carbonyl (C=O) groups excluding carboxylic acids is 3. The van der Waals surface area contributed by atoms with Crippen molar-refractivity contribution in [1.82, 2.24) is 15.1 Å². The lowest BCUT2D eigenvalue weighted by Gasteiger charge is -2.60. The number of ketones is 1. The lowest BCUT2D eigenvalue weighted by atomic mass is 9.68. The largest absolute Gasteiger partial charge is 0.343 e. The number of amides is 2. The molecule has 0 aromatic rings. The SMILES string of the molecule is CC(=O)N1CCC2(CC1)CC(=O)CC1(CCNCC1)N2C(C)=O. The molecule has 3 heterocycles. The van der Waals surface area contributed by atoms with Gasteiger partial charge < -0.3 is 15.1 Å². The fourth-order valence-electron chi connectivity index (χ4n) is 5.06. The van der Waals surface area contributed by atoms with E-state index in [2.05, 4.69) is 10.2 Å². The molecule has 3 saturated heterocycles. The number of carbonyl (C=O) groups is 3. The molecule has 23 heavy (non-hydrogen) atoms. The van der Waals surface area contributed by atoms with E-state index in [-0.39, 0.29) is 28.7 Å². The molecule has 128 valence electrons. The Hall–Kier alpha value is -1.43. The van der Waals surface area contributed by atoms with E-state index in [1.807, 2.05) is 4.90 Å². The van der Waals surface area contributed by atoms with Crippen LogP contribution in [-0.4, -0.2) is 64.7 Å². The van der Waals surface area contributed by atoms with Crippen molar-refractivity contribution < 1.29 is 14.4 Å². The van der Waals surface area contributed by atoms with Gasteiger partial charge in [0.05, 0.1) is 11.1 Å². The number of rotatable bonds is 0. The van der Waals surface area contributed by atoms with Crippen molar-refractivity contribution >= 4 is 17.6 Å². The predicted octanol–water partition coefficient (Wildman–Crippen LogP) is 0.701. The first-order valence-electron chi connectivity index (χ1n) is 8.67. The van der Waals surface area contributed by atoms with Crippen molar-refractivity contribution in [1.29, 1.82) is 0 Å². The van der Waals surface area contributed by atoms with Crippen molar-refractivity contribution in [2.75, 3.05) is 26.2 Å². The second kappa shape index (κ2) is 5.89. The molecule has 3 fully saturated rings. The second-order valence-electron chi connectivity index (χ2n) is 7.45. The van der Waals surface area contributed by atoms with Crippen LogP contribution in [0, 0.1) is 0 Å². The van der Waals surface area contributed by atoms with Gasteiger partial charge in [0.1, 0.15) is 5.78 Å². The zero-order chi connectivity index (χ0) is 16.7. The first kappa shape index (κ1) is 16.4. The van der Waals surface area contributed by atoms with Crippen LogP contribution in [0.1, 0.15) is 52.4 Å². The van der Waals surface area contributed by atoms with Gasteiger partial charge in [-0.05, 0) is 38.8 Å². The van der Waals surface area contributed by atoms with E-state index in [9.17, 15) is 14.4 Å². The van der Waals surface area contributed by atoms with Crippen LogP contribution in [-0.2, 0) is 14.4 Å². The monoisotopic (exact) mass is 321 g/mol. The number of piperidine rings is 3. The van der Waals surface area contributed by atoms with Crippen LogP contribution in [0.4, 0.5) is 0 Å². The number of nitrogens with zero attached hydrogens (tertiary/aromatic N) is 2. The maximum atomic E-state index is 12.6. The molecule has 0 radical (unpaired) electrons. The molecule has 6 heteroatoms. The fraction of sp³-hybridized carbons (Fsp3) is 0.824. The van der Waals surface area contributed by atoms with Gasteiger partial charge in [-0.2, -0.15) is 0 Å². The summed E-state index contributed by atoms with van der Waals surface area (Å²) >= 11 is 0. The van der Waals surface area contributed by atoms with Gasteiger partial charge in [-0.3, -0.25) is 14.4 Å². The molecule has 0 saturated carbocycles. The van der Waals surface area contributed by atoms with Crippen molar-refractivity contribution in [3.8, 4) is 0 Å². The fourth-order valence-corrected chi connectivity index (χ4v) is 5.06. The zero-order valence-electron chi connectivity index (χ0n) is 14.2. The molecule has 0 unspecified atom stereocenters. The van der Waals surface area contributed by atoms with Gasteiger partial charge >= 0.3 is 0 Å². The third-order valence-corrected chi connectivity index (χ3v) is 5.99. The minimum Gasteiger partial charge on any atom is -0.343 e. The summed E-state index contributed by atoms with van der Waals surface area (Å²) in [6.07, 6.45) is 4.06. The number of hydrogen-bond acceptors (Lipinski definition) is 4. The minimum atomic E-state index is -0.384. The molecule has 3 rings (SSSR count). The lowest BCUT2D eigenvalue weighted by molar-refractivity contribution is -0.165. The molecule has 3 aliphatic heterocycles. The highest BCUT2D eigenvalue weighted by molar-refractivity contribution is 5.86. The Kier molecular flexibility index (Phi) is 4.21. The highest BCUT2D eigenvalue weighted by atomic mass is 16.2. The Morgan fingerprint density at radius 2 is 1.43 bits per heavy atom. The Balaban J connectivity index is 1.93. The second-order valence-corrected chi connectivity index (χ2v) is 7.45. The molecule has 3 aliphatic rings. The molecule has 2 amide bonds. The van der Waals surface area contributed by atoms with Crippen molar-refractivity contribution in [2.24, 2.45) is 0 Å². The summed E-state index contributed by atoms with van der Waals surface area (Å²) in [5.74, 6) is 0.435. The molecule has 0 aromatic heterocycles. The summed E-state index contributed by atoms with van der Waals surface area (Å²) in [5, 5.41) is 3.34. The van der Waals surface area contributed by atoms with Crippen LogP contribution in [0.5, 0.6) is 0 Å².